The molecule has 1 N–H and O–H groups in total. The number of alkyl halides is 3. The van der Waals surface area contributed by atoms with Gasteiger partial charge in [-0.1, -0.05) is 18.2 Å². The number of likely N-dealkylation sites (tertiary alicyclic amines) is 1. The lowest BCUT2D eigenvalue weighted by atomic mass is 10.0. The minimum atomic E-state index is -4.85. The topological polar surface area (TPSA) is 79.7 Å². The highest BCUT2D eigenvalue weighted by molar-refractivity contribution is 5.80. The lowest BCUT2D eigenvalue weighted by molar-refractivity contribution is -0.140. The van der Waals surface area contributed by atoms with Gasteiger partial charge in [0.25, 0.3) is 5.56 Å². The summed E-state index contributed by atoms with van der Waals surface area (Å²) in [6.45, 7) is 5.85. The Kier molecular flexibility index (Phi) is 11.5. The molecule has 0 radical (unpaired) electrons. The van der Waals surface area contributed by atoms with Crippen molar-refractivity contribution in [3.05, 3.63) is 99.9 Å². The van der Waals surface area contributed by atoms with E-state index in [1.807, 2.05) is 6.92 Å². The summed E-state index contributed by atoms with van der Waals surface area (Å²) >= 11 is 0. The molecule has 1 fully saturated rings. The number of fused-ring (bicyclic) bond motifs is 1. The molecular formula is C36H41F4N5O3. The van der Waals surface area contributed by atoms with Crippen LogP contribution in [0.1, 0.15) is 55.6 Å². The van der Waals surface area contributed by atoms with Gasteiger partial charge in [-0.3, -0.25) is 14.2 Å². The van der Waals surface area contributed by atoms with Gasteiger partial charge in [0.15, 0.2) is 0 Å². The van der Waals surface area contributed by atoms with Gasteiger partial charge >= 0.3 is 6.18 Å². The number of rotatable bonds is 14. The van der Waals surface area contributed by atoms with Crippen LogP contribution in [0.2, 0.25) is 0 Å². The fourth-order valence-corrected chi connectivity index (χ4v) is 6.29. The van der Waals surface area contributed by atoms with Crippen molar-refractivity contribution in [3.8, 4) is 11.4 Å². The fraction of sp³-hybridized carbons (Fsp3) is 0.417. The highest BCUT2D eigenvalue weighted by Gasteiger charge is 2.35. The molecule has 1 aromatic heterocycles. The van der Waals surface area contributed by atoms with Gasteiger partial charge in [-0.05, 0) is 120 Å². The Morgan fingerprint density at radius 3 is 2.46 bits per heavy atom. The van der Waals surface area contributed by atoms with Crippen LogP contribution in [0.25, 0.3) is 16.6 Å². The minimum Gasteiger partial charge on any atom is -0.494 e. The van der Waals surface area contributed by atoms with Crippen molar-refractivity contribution >= 4 is 16.8 Å². The monoisotopic (exact) mass is 667 g/mol. The first-order valence-electron chi connectivity index (χ1n) is 16.4. The highest BCUT2D eigenvalue weighted by atomic mass is 19.4. The van der Waals surface area contributed by atoms with E-state index in [1.54, 1.807) is 60.5 Å². The van der Waals surface area contributed by atoms with Crippen LogP contribution < -0.4 is 15.6 Å². The minimum absolute atomic E-state index is 0.123. The Labute approximate surface area is 277 Å². The number of benzene rings is 3. The third-order valence-corrected chi connectivity index (χ3v) is 8.64. The summed E-state index contributed by atoms with van der Waals surface area (Å²) in [5.74, 6) is -0.844. The molecule has 8 nitrogen and oxygen atoms in total. The van der Waals surface area contributed by atoms with Crippen LogP contribution in [0.15, 0.2) is 71.5 Å². The maximum atomic E-state index is 14.6. The van der Waals surface area contributed by atoms with Gasteiger partial charge in [0, 0.05) is 6.54 Å². The van der Waals surface area contributed by atoms with Gasteiger partial charge in [0.2, 0.25) is 5.91 Å². The molecule has 1 saturated heterocycles. The fourth-order valence-electron chi connectivity index (χ4n) is 6.29. The number of carbonyl (C=O) groups excluding carboxylic acids is 1. The second-order valence-corrected chi connectivity index (χ2v) is 11.9. The van der Waals surface area contributed by atoms with E-state index in [2.05, 4.69) is 10.2 Å². The number of nitrogens with one attached hydrogen (secondary N) is 1. The summed E-state index contributed by atoms with van der Waals surface area (Å²) in [6.07, 6.45) is -1.93. The molecule has 1 aliphatic heterocycles. The number of hydrogen-bond acceptors (Lipinski definition) is 6. The lowest BCUT2D eigenvalue weighted by Gasteiger charge is -2.34. The molecule has 1 unspecified atom stereocenters. The third kappa shape index (κ3) is 8.22. The molecule has 3 aromatic carbocycles. The van der Waals surface area contributed by atoms with Gasteiger partial charge in [-0.15, -0.1) is 0 Å². The molecular weight excluding hydrogens is 626 g/mol. The smallest absolute Gasteiger partial charge is 0.419 e. The van der Waals surface area contributed by atoms with Crippen molar-refractivity contribution in [2.75, 3.05) is 46.4 Å². The summed E-state index contributed by atoms with van der Waals surface area (Å²) in [7, 11) is 1.79. The van der Waals surface area contributed by atoms with E-state index in [4.69, 9.17) is 9.72 Å². The molecule has 0 spiro atoms. The first kappa shape index (κ1) is 35.0. The summed E-state index contributed by atoms with van der Waals surface area (Å²) in [6, 6.07) is 16.0. The molecule has 4 aromatic rings. The van der Waals surface area contributed by atoms with E-state index in [-0.39, 0.29) is 17.5 Å². The normalized spacial score (nSPS) is 14.4. The Morgan fingerprint density at radius 1 is 1.06 bits per heavy atom. The zero-order valence-electron chi connectivity index (χ0n) is 27.2. The Hall–Kier alpha value is -4.29. The second-order valence-electron chi connectivity index (χ2n) is 11.9. The number of halogens is 4. The van der Waals surface area contributed by atoms with Crippen LogP contribution in [0, 0.1) is 5.82 Å². The molecule has 5 rings (SSSR count). The number of nitrogens with zero attached hydrogens (tertiary/aromatic N) is 4. The molecule has 0 bridgehead atoms. The molecule has 0 saturated carbocycles. The van der Waals surface area contributed by atoms with Gasteiger partial charge in [-0.2, -0.15) is 13.2 Å². The number of hydrogen-bond donors (Lipinski definition) is 1. The Morgan fingerprint density at radius 2 is 1.79 bits per heavy atom. The van der Waals surface area contributed by atoms with Crippen molar-refractivity contribution in [2.45, 2.75) is 51.2 Å². The quantitative estimate of drug-likeness (QED) is 0.163. The predicted octanol–water partition coefficient (Wildman–Crippen LogP) is 6.15. The summed E-state index contributed by atoms with van der Waals surface area (Å²) < 4.78 is 61.5. The van der Waals surface area contributed by atoms with Crippen LogP contribution in [0.3, 0.4) is 0 Å². The van der Waals surface area contributed by atoms with E-state index in [1.165, 1.54) is 4.57 Å². The summed E-state index contributed by atoms with van der Waals surface area (Å²) in [4.78, 5) is 37.4. The maximum Gasteiger partial charge on any atom is 0.419 e. The van der Waals surface area contributed by atoms with Gasteiger partial charge in [-0.25, -0.2) is 9.37 Å². The molecule has 256 valence electrons. The van der Waals surface area contributed by atoms with E-state index in [0.717, 1.165) is 44.6 Å². The van der Waals surface area contributed by atoms with Crippen molar-refractivity contribution in [2.24, 2.45) is 0 Å². The summed E-state index contributed by atoms with van der Waals surface area (Å²) in [5.41, 5.74) is -0.544. The van der Waals surface area contributed by atoms with E-state index in [9.17, 15) is 27.2 Å². The molecule has 12 heteroatoms. The summed E-state index contributed by atoms with van der Waals surface area (Å²) in [5, 5.41) is 3.55. The van der Waals surface area contributed by atoms with Gasteiger partial charge in [0.05, 0.1) is 41.2 Å². The number of ether oxygens (including phenoxy) is 1. The van der Waals surface area contributed by atoms with E-state index in [0.29, 0.717) is 66.8 Å². The molecule has 1 aliphatic rings. The van der Waals surface area contributed by atoms with Crippen molar-refractivity contribution in [3.63, 3.8) is 0 Å². The van der Waals surface area contributed by atoms with Crippen LogP contribution in [0.5, 0.6) is 5.75 Å². The van der Waals surface area contributed by atoms with Crippen molar-refractivity contribution < 1.29 is 27.1 Å². The first-order chi connectivity index (χ1) is 23.1. The van der Waals surface area contributed by atoms with Crippen molar-refractivity contribution in [1.29, 1.82) is 0 Å². The molecule has 0 aliphatic carbocycles. The Bertz CT molecular complexity index is 1750. The van der Waals surface area contributed by atoms with E-state index < -0.39 is 29.5 Å². The highest BCUT2D eigenvalue weighted by Crippen LogP contribution is 2.32. The number of para-hydroxylation sites is 1. The zero-order chi connectivity index (χ0) is 34.3. The standard InChI is InChI=1S/C36H41F4N5O3/c1-3-48-27-14-12-26(13-15-27)45-34(42-31-10-5-4-9-28(31)35(45)47)32(17-18-41-2)44(22-8-21-43-19-6-7-20-43)33(46)24-25-11-16-29(30(37)23-25)36(38,39)40/h4-5,9-16,23,32,41H,3,6-8,17-22,24H2,1-2H3. The molecule has 48 heavy (non-hydrogen) atoms. The first-order valence-corrected chi connectivity index (χ1v) is 16.4. The predicted molar refractivity (Wildman–Crippen MR) is 177 cm³/mol. The molecule has 1 atom stereocenters. The SMILES string of the molecule is CCOc1ccc(-n2c(C(CCNC)N(CCCN3CCCC3)C(=O)Cc3ccc(C(F)(F)F)c(F)c3)nc3ccccc3c2=O)cc1. The average molecular weight is 668 g/mol. The van der Waals surface area contributed by atoms with Crippen LogP contribution >= 0.6 is 0 Å². The number of aromatic nitrogens is 2. The lowest BCUT2D eigenvalue weighted by Crippen LogP contribution is -2.42. The van der Waals surface area contributed by atoms with Crippen molar-refractivity contribution in [1.82, 2.24) is 24.7 Å². The third-order valence-electron chi connectivity index (χ3n) is 8.64. The maximum absolute atomic E-state index is 14.6. The Balaban J connectivity index is 1.60. The molecule has 1 amide bonds. The van der Waals surface area contributed by atoms with E-state index >= 15 is 0 Å². The van der Waals surface area contributed by atoms with Gasteiger partial charge in [0.1, 0.15) is 17.4 Å². The van der Waals surface area contributed by atoms with Gasteiger partial charge < -0.3 is 19.9 Å². The largest absolute Gasteiger partial charge is 0.494 e. The number of amides is 1. The van der Waals surface area contributed by atoms with Crippen LogP contribution in [0.4, 0.5) is 17.6 Å². The second kappa shape index (κ2) is 15.7. The molecule has 2 heterocycles. The van der Waals surface area contributed by atoms with Crippen LogP contribution in [-0.4, -0.2) is 71.6 Å². The van der Waals surface area contributed by atoms with Crippen LogP contribution in [-0.2, 0) is 17.4 Å². The number of carbonyl (C=O) groups is 1. The average Bonchev–Trinajstić information content (AvgIpc) is 3.58. The zero-order valence-corrected chi connectivity index (χ0v) is 27.2.